The fourth-order valence-corrected chi connectivity index (χ4v) is 2.11. The lowest BCUT2D eigenvalue weighted by Crippen LogP contribution is -2.24. The molecule has 0 bridgehead atoms. The average Bonchev–Trinajstić information content (AvgIpc) is 3.15. The SMILES string of the molecule is CCN(CC)c1c(F)cc(CNC2CC2)cc1F. The molecule has 1 aliphatic rings. The Labute approximate surface area is 107 Å². The third-order valence-corrected chi connectivity index (χ3v) is 3.33. The van der Waals surface area contributed by atoms with Crippen molar-refractivity contribution in [2.24, 2.45) is 0 Å². The highest BCUT2D eigenvalue weighted by Crippen LogP contribution is 2.25. The number of hydrogen-bond acceptors (Lipinski definition) is 2. The van der Waals surface area contributed by atoms with E-state index in [2.05, 4.69) is 5.32 Å². The van der Waals surface area contributed by atoms with Crippen LogP contribution >= 0.6 is 0 Å². The maximum absolute atomic E-state index is 14.0. The molecule has 1 aromatic carbocycles. The van der Waals surface area contributed by atoms with Crippen molar-refractivity contribution < 1.29 is 8.78 Å². The molecule has 0 atom stereocenters. The third kappa shape index (κ3) is 2.99. The summed E-state index contributed by atoms with van der Waals surface area (Å²) in [6.45, 7) is 5.53. The number of anilines is 1. The molecular formula is C14H20F2N2. The molecule has 0 aromatic heterocycles. The van der Waals surface area contributed by atoms with E-state index in [4.69, 9.17) is 0 Å². The number of benzene rings is 1. The van der Waals surface area contributed by atoms with Gasteiger partial charge in [0.05, 0.1) is 0 Å². The van der Waals surface area contributed by atoms with E-state index in [9.17, 15) is 8.78 Å². The smallest absolute Gasteiger partial charge is 0.149 e. The van der Waals surface area contributed by atoms with Gasteiger partial charge in [-0.05, 0) is 44.4 Å². The number of halogens is 2. The van der Waals surface area contributed by atoms with Crippen molar-refractivity contribution in [3.05, 3.63) is 29.3 Å². The lowest BCUT2D eigenvalue weighted by Gasteiger charge is -2.22. The van der Waals surface area contributed by atoms with Gasteiger partial charge in [-0.15, -0.1) is 0 Å². The van der Waals surface area contributed by atoms with E-state index in [-0.39, 0.29) is 5.69 Å². The molecule has 2 rings (SSSR count). The summed E-state index contributed by atoms with van der Waals surface area (Å²) in [4.78, 5) is 1.70. The largest absolute Gasteiger partial charge is 0.367 e. The standard InChI is InChI=1S/C14H20F2N2/c1-3-18(4-2)14-12(15)7-10(8-13(14)16)9-17-11-5-6-11/h7-8,11,17H,3-6,9H2,1-2H3. The molecule has 0 saturated heterocycles. The van der Waals surface area contributed by atoms with Crippen LogP contribution in [-0.4, -0.2) is 19.1 Å². The van der Waals surface area contributed by atoms with E-state index in [1.807, 2.05) is 13.8 Å². The molecule has 1 saturated carbocycles. The average molecular weight is 254 g/mol. The van der Waals surface area contributed by atoms with Crippen molar-refractivity contribution in [1.29, 1.82) is 0 Å². The first-order valence-corrected chi connectivity index (χ1v) is 6.62. The van der Waals surface area contributed by atoms with Crippen molar-refractivity contribution >= 4 is 5.69 Å². The van der Waals surface area contributed by atoms with E-state index >= 15 is 0 Å². The van der Waals surface area contributed by atoms with Gasteiger partial charge in [-0.1, -0.05) is 0 Å². The summed E-state index contributed by atoms with van der Waals surface area (Å²) in [6.07, 6.45) is 2.34. The Balaban J connectivity index is 2.16. The van der Waals surface area contributed by atoms with Crippen LogP contribution in [0.1, 0.15) is 32.3 Å². The van der Waals surface area contributed by atoms with Gasteiger partial charge >= 0.3 is 0 Å². The molecule has 2 nitrogen and oxygen atoms in total. The first-order chi connectivity index (χ1) is 8.65. The third-order valence-electron chi connectivity index (χ3n) is 3.33. The van der Waals surface area contributed by atoms with Crippen LogP contribution in [0.25, 0.3) is 0 Å². The molecular weight excluding hydrogens is 234 g/mol. The zero-order chi connectivity index (χ0) is 13.1. The molecule has 100 valence electrons. The maximum atomic E-state index is 14.0. The Bertz CT molecular complexity index is 389. The fraction of sp³-hybridized carbons (Fsp3) is 0.571. The van der Waals surface area contributed by atoms with Crippen LogP contribution in [0.3, 0.4) is 0 Å². The summed E-state index contributed by atoms with van der Waals surface area (Å²) in [5.74, 6) is -0.933. The normalized spacial score (nSPS) is 14.9. The van der Waals surface area contributed by atoms with E-state index in [1.165, 1.54) is 25.0 Å². The molecule has 1 aromatic rings. The Morgan fingerprint density at radius 3 is 2.17 bits per heavy atom. The highest BCUT2D eigenvalue weighted by Gasteiger charge is 2.21. The van der Waals surface area contributed by atoms with Gasteiger partial charge in [0, 0.05) is 25.7 Å². The van der Waals surface area contributed by atoms with Crippen LogP contribution in [0.2, 0.25) is 0 Å². The van der Waals surface area contributed by atoms with Gasteiger partial charge in [-0.3, -0.25) is 0 Å². The molecule has 0 aliphatic heterocycles. The van der Waals surface area contributed by atoms with Gasteiger partial charge in [-0.2, -0.15) is 0 Å². The van der Waals surface area contributed by atoms with Crippen LogP contribution < -0.4 is 10.2 Å². The lowest BCUT2D eigenvalue weighted by molar-refractivity contribution is 0.566. The van der Waals surface area contributed by atoms with Crippen LogP contribution in [0.5, 0.6) is 0 Å². The molecule has 1 N–H and O–H groups in total. The van der Waals surface area contributed by atoms with Crippen molar-refractivity contribution in [3.8, 4) is 0 Å². The quantitative estimate of drug-likeness (QED) is 0.839. The summed E-state index contributed by atoms with van der Waals surface area (Å²) in [5.41, 5.74) is 0.767. The summed E-state index contributed by atoms with van der Waals surface area (Å²) < 4.78 is 27.9. The van der Waals surface area contributed by atoms with Gasteiger partial charge in [0.1, 0.15) is 17.3 Å². The Hall–Kier alpha value is -1.16. The highest BCUT2D eigenvalue weighted by atomic mass is 19.1. The summed E-state index contributed by atoms with van der Waals surface area (Å²) >= 11 is 0. The van der Waals surface area contributed by atoms with E-state index in [1.54, 1.807) is 4.90 Å². The van der Waals surface area contributed by atoms with Crippen LogP contribution in [0.15, 0.2) is 12.1 Å². The van der Waals surface area contributed by atoms with Gasteiger partial charge in [-0.25, -0.2) is 8.78 Å². The summed E-state index contributed by atoms with van der Waals surface area (Å²) in [7, 11) is 0. The number of hydrogen-bond donors (Lipinski definition) is 1. The Morgan fingerprint density at radius 2 is 1.72 bits per heavy atom. The summed E-state index contributed by atoms with van der Waals surface area (Å²) in [5, 5.41) is 3.26. The van der Waals surface area contributed by atoms with E-state index in [0.717, 1.165) is 0 Å². The predicted octanol–water partition coefficient (Wildman–Crippen LogP) is 3.06. The number of nitrogens with one attached hydrogen (secondary N) is 1. The molecule has 0 heterocycles. The van der Waals surface area contributed by atoms with Crippen LogP contribution in [0, 0.1) is 11.6 Å². The second kappa shape index (κ2) is 5.65. The van der Waals surface area contributed by atoms with Gasteiger partial charge < -0.3 is 10.2 Å². The van der Waals surface area contributed by atoms with Gasteiger partial charge in [0.2, 0.25) is 0 Å². The van der Waals surface area contributed by atoms with E-state index < -0.39 is 11.6 Å². The molecule has 0 amide bonds. The highest BCUT2D eigenvalue weighted by molar-refractivity contribution is 5.50. The first kappa shape index (κ1) is 13.3. The fourth-order valence-electron chi connectivity index (χ4n) is 2.11. The van der Waals surface area contributed by atoms with Crippen LogP contribution in [0.4, 0.5) is 14.5 Å². The lowest BCUT2D eigenvalue weighted by atomic mass is 10.1. The monoisotopic (exact) mass is 254 g/mol. The molecule has 0 radical (unpaired) electrons. The minimum Gasteiger partial charge on any atom is -0.367 e. The molecule has 18 heavy (non-hydrogen) atoms. The number of rotatable bonds is 6. The van der Waals surface area contributed by atoms with Gasteiger partial charge in [0.25, 0.3) is 0 Å². The van der Waals surface area contributed by atoms with Crippen molar-refractivity contribution in [2.75, 3.05) is 18.0 Å². The molecule has 1 aliphatic carbocycles. The van der Waals surface area contributed by atoms with Crippen LogP contribution in [-0.2, 0) is 6.54 Å². The maximum Gasteiger partial charge on any atom is 0.149 e. The van der Waals surface area contributed by atoms with Gasteiger partial charge in [0.15, 0.2) is 0 Å². The van der Waals surface area contributed by atoms with Crippen molar-refractivity contribution in [2.45, 2.75) is 39.3 Å². The summed E-state index contributed by atoms with van der Waals surface area (Å²) in [6, 6.07) is 3.41. The second-order valence-electron chi connectivity index (χ2n) is 4.74. The Kier molecular flexibility index (Phi) is 4.17. The Morgan fingerprint density at radius 1 is 1.17 bits per heavy atom. The predicted molar refractivity (Wildman–Crippen MR) is 69.8 cm³/mol. The second-order valence-corrected chi connectivity index (χ2v) is 4.74. The molecule has 0 spiro atoms. The zero-order valence-electron chi connectivity index (χ0n) is 11.0. The molecule has 0 unspecified atom stereocenters. The van der Waals surface area contributed by atoms with E-state index in [0.29, 0.717) is 31.2 Å². The first-order valence-electron chi connectivity index (χ1n) is 6.62. The minimum atomic E-state index is -0.466. The molecule has 4 heteroatoms. The molecule has 1 fully saturated rings. The minimum absolute atomic E-state index is 0.0928. The van der Waals surface area contributed by atoms with Crippen molar-refractivity contribution in [3.63, 3.8) is 0 Å². The van der Waals surface area contributed by atoms with Crippen molar-refractivity contribution in [1.82, 2.24) is 5.32 Å². The topological polar surface area (TPSA) is 15.3 Å². The number of nitrogens with zero attached hydrogens (tertiary/aromatic N) is 1. The zero-order valence-corrected chi connectivity index (χ0v) is 11.0.